The molecule has 0 N–H and O–H groups in total. The SMILES string of the molecule is COc1ccc(C(=O)N(CCC(C)C)Cc2nc3ccccc3n2Cc2cccc(OCCCN3CCCC3)c2)c(Cl)c1OC. The van der Waals surface area contributed by atoms with Crippen LogP contribution in [0.5, 0.6) is 17.2 Å². The number of halogens is 1. The number of hydrogen-bond donors (Lipinski definition) is 0. The quantitative estimate of drug-likeness (QED) is 0.128. The van der Waals surface area contributed by atoms with E-state index in [0.717, 1.165) is 47.6 Å². The fourth-order valence-corrected chi connectivity index (χ4v) is 6.20. The number of imidazole rings is 1. The summed E-state index contributed by atoms with van der Waals surface area (Å²) in [6, 6.07) is 19.8. The second kappa shape index (κ2) is 15.5. The number of aromatic nitrogens is 2. The third-order valence-electron chi connectivity index (χ3n) is 8.37. The summed E-state index contributed by atoms with van der Waals surface area (Å²) in [5, 5.41) is 0.238. The molecule has 2 heterocycles. The predicted octanol–water partition coefficient (Wildman–Crippen LogP) is 7.31. The van der Waals surface area contributed by atoms with Crippen LogP contribution in [0.15, 0.2) is 60.7 Å². The first-order valence-electron chi connectivity index (χ1n) is 16.0. The maximum Gasteiger partial charge on any atom is 0.255 e. The summed E-state index contributed by atoms with van der Waals surface area (Å²) < 4.78 is 19.2. The minimum Gasteiger partial charge on any atom is -0.494 e. The molecule has 1 aliphatic rings. The highest BCUT2D eigenvalue weighted by Crippen LogP contribution is 2.38. The van der Waals surface area contributed by atoms with Crippen LogP contribution in [-0.2, 0) is 13.1 Å². The molecule has 0 spiro atoms. The van der Waals surface area contributed by atoms with Gasteiger partial charge in [-0.1, -0.05) is 49.7 Å². The molecule has 45 heavy (non-hydrogen) atoms. The minimum absolute atomic E-state index is 0.176. The monoisotopic (exact) mass is 632 g/mol. The Morgan fingerprint density at radius 2 is 1.82 bits per heavy atom. The fraction of sp³-hybridized carbons (Fsp3) is 0.444. The lowest BCUT2D eigenvalue weighted by molar-refractivity contribution is 0.0729. The summed E-state index contributed by atoms with van der Waals surface area (Å²) in [5.41, 5.74) is 3.39. The molecule has 0 atom stereocenters. The zero-order valence-corrected chi connectivity index (χ0v) is 27.7. The molecule has 240 valence electrons. The molecule has 1 fully saturated rings. The second-order valence-corrected chi connectivity index (χ2v) is 12.5. The smallest absolute Gasteiger partial charge is 0.255 e. The van der Waals surface area contributed by atoms with Gasteiger partial charge in [0.1, 0.15) is 11.6 Å². The number of hydrogen-bond acceptors (Lipinski definition) is 6. The molecule has 0 saturated carbocycles. The van der Waals surface area contributed by atoms with Crippen molar-refractivity contribution in [1.82, 2.24) is 19.4 Å². The van der Waals surface area contributed by atoms with Crippen LogP contribution in [0.3, 0.4) is 0 Å². The first-order valence-corrected chi connectivity index (χ1v) is 16.3. The maximum absolute atomic E-state index is 14.1. The predicted molar refractivity (Wildman–Crippen MR) is 180 cm³/mol. The third-order valence-corrected chi connectivity index (χ3v) is 8.75. The molecule has 1 amide bonds. The van der Waals surface area contributed by atoms with Crippen molar-refractivity contribution in [2.75, 3.05) is 47.0 Å². The van der Waals surface area contributed by atoms with E-state index in [4.69, 9.17) is 30.8 Å². The highest BCUT2D eigenvalue weighted by atomic mass is 35.5. The Bertz CT molecular complexity index is 1580. The lowest BCUT2D eigenvalue weighted by Crippen LogP contribution is -2.33. The average molecular weight is 633 g/mol. The molecule has 9 heteroatoms. The number of methoxy groups -OCH3 is 2. The van der Waals surface area contributed by atoms with Crippen LogP contribution in [0.2, 0.25) is 5.02 Å². The highest BCUT2D eigenvalue weighted by Gasteiger charge is 2.25. The number of carbonyl (C=O) groups is 1. The summed E-state index contributed by atoms with van der Waals surface area (Å²) in [4.78, 5) is 23.4. The molecule has 1 saturated heterocycles. The van der Waals surface area contributed by atoms with Crippen LogP contribution in [0.1, 0.15) is 61.3 Å². The van der Waals surface area contributed by atoms with Crippen LogP contribution in [0, 0.1) is 5.92 Å². The van der Waals surface area contributed by atoms with Crippen molar-refractivity contribution in [3.63, 3.8) is 0 Å². The Hall–Kier alpha value is -3.75. The van der Waals surface area contributed by atoms with Gasteiger partial charge in [-0.3, -0.25) is 4.79 Å². The standard InChI is InChI=1S/C36H45ClN4O4/c1-26(2)17-21-40(36(42)29-15-16-32(43-3)35(44-4)34(29)37)25-33-38-30-13-5-6-14-31(30)41(33)24-27-11-9-12-28(23-27)45-22-10-20-39-18-7-8-19-39/h5-6,9,11-16,23,26H,7-8,10,17-22,24-25H2,1-4H3. The van der Waals surface area contributed by atoms with Crippen molar-refractivity contribution < 1.29 is 19.0 Å². The number of carbonyl (C=O) groups excluding carboxylic acids is 1. The minimum atomic E-state index is -0.176. The maximum atomic E-state index is 14.1. The third kappa shape index (κ3) is 8.10. The Morgan fingerprint density at radius 3 is 2.58 bits per heavy atom. The van der Waals surface area contributed by atoms with Gasteiger partial charge in [0.15, 0.2) is 11.5 Å². The molecule has 1 aliphatic heterocycles. The van der Waals surface area contributed by atoms with Crippen molar-refractivity contribution >= 4 is 28.5 Å². The number of nitrogens with zero attached hydrogens (tertiary/aromatic N) is 4. The Balaban J connectivity index is 1.39. The number of para-hydroxylation sites is 2. The summed E-state index contributed by atoms with van der Waals surface area (Å²) >= 11 is 6.71. The molecular formula is C36H45ClN4O4. The zero-order chi connectivity index (χ0) is 31.8. The van der Waals surface area contributed by atoms with E-state index >= 15 is 0 Å². The van der Waals surface area contributed by atoms with E-state index < -0.39 is 0 Å². The van der Waals surface area contributed by atoms with Crippen molar-refractivity contribution in [2.24, 2.45) is 5.92 Å². The van der Waals surface area contributed by atoms with Gasteiger partial charge in [-0.05, 0) is 86.7 Å². The van der Waals surface area contributed by atoms with E-state index in [2.05, 4.69) is 41.5 Å². The van der Waals surface area contributed by atoms with Crippen molar-refractivity contribution in [3.05, 3.63) is 82.6 Å². The van der Waals surface area contributed by atoms with E-state index in [1.54, 1.807) is 19.2 Å². The van der Waals surface area contributed by atoms with E-state index in [0.29, 0.717) is 49.2 Å². The first-order chi connectivity index (χ1) is 21.9. The number of likely N-dealkylation sites (tertiary alicyclic amines) is 1. The first kappa shape index (κ1) is 32.6. The van der Waals surface area contributed by atoms with Gasteiger partial charge in [-0.2, -0.15) is 0 Å². The van der Waals surface area contributed by atoms with Gasteiger partial charge in [0.2, 0.25) is 0 Å². The van der Waals surface area contributed by atoms with Crippen molar-refractivity contribution in [3.8, 4) is 17.2 Å². The summed E-state index contributed by atoms with van der Waals surface area (Å²) in [5.74, 6) is 2.74. The van der Waals surface area contributed by atoms with Gasteiger partial charge in [0.05, 0.1) is 49.0 Å². The molecule has 3 aromatic carbocycles. The van der Waals surface area contributed by atoms with E-state index in [9.17, 15) is 4.79 Å². The van der Waals surface area contributed by atoms with Gasteiger partial charge in [-0.25, -0.2) is 4.98 Å². The summed E-state index contributed by atoms with van der Waals surface area (Å²) in [6.07, 6.45) is 4.47. The number of benzene rings is 3. The zero-order valence-electron chi connectivity index (χ0n) is 26.9. The molecule has 5 rings (SSSR count). The molecule has 0 bridgehead atoms. The van der Waals surface area contributed by atoms with Crippen molar-refractivity contribution in [1.29, 1.82) is 0 Å². The lowest BCUT2D eigenvalue weighted by Gasteiger charge is -2.25. The van der Waals surface area contributed by atoms with E-state index in [-0.39, 0.29) is 10.9 Å². The molecule has 4 aromatic rings. The van der Waals surface area contributed by atoms with Crippen LogP contribution in [-0.4, -0.2) is 72.3 Å². The number of rotatable bonds is 15. The van der Waals surface area contributed by atoms with Gasteiger partial charge in [0.25, 0.3) is 5.91 Å². The van der Waals surface area contributed by atoms with E-state index in [1.165, 1.54) is 33.0 Å². The average Bonchev–Trinajstić information content (AvgIpc) is 3.69. The van der Waals surface area contributed by atoms with Crippen LogP contribution >= 0.6 is 11.6 Å². The molecule has 8 nitrogen and oxygen atoms in total. The topological polar surface area (TPSA) is 69.1 Å². The van der Waals surface area contributed by atoms with Gasteiger partial charge < -0.3 is 28.6 Å². The number of ether oxygens (including phenoxy) is 3. The van der Waals surface area contributed by atoms with E-state index in [1.807, 2.05) is 35.2 Å². The van der Waals surface area contributed by atoms with Gasteiger partial charge in [0, 0.05) is 19.6 Å². The lowest BCUT2D eigenvalue weighted by atomic mass is 10.1. The van der Waals surface area contributed by atoms with Crippen LogP contribution < -0.4 is 14.2 Å². The summed E-state index contributed by atoms with van der Waals surface area (Å²) in [7, 11) is 3.07. The number of fused-ring (bicyclic) bond motifs is 1. The Labute approximate surface area is 271 Å². The number of amides is 1. The second-order valence-electron chi connectivity index (χ2n) is 12.1. The van der Waals surface area contributed by atoms with Crippen LogP contribution in [0.25, 0.3) is 11.0 Å². The van der Waals surface area contributed by atoms with Gasteiger partial charge >= 0.3 is 0 Å². The van der Waals surface area contributed by atoms with Crippen LogP contribution in [0.4, 0.5) is 0 Å². The molecule has 0 aliphatic carbocycles. The fourth-order valence-electron chi connectivity index (χ4n) is 5.89. The molecule has 0 radical (unpaired) electrons. The Kier molecular flexibility index (Phi) is 11.2. The largest absolute Gasteiger partial charge is 0.494 e. The Morgan fingerprint density at radius 1 is 1.02 bits per heavy atom. The molecular weight excluding hydrogens is 588 g/mol. The molecule has 0 unspecified atom stereocenters. The van der Waals surface area contributed by atoms with Crippen molar-refractivity contribution in [2.45, 2.75) is 52.6 Å². The normalized spacial score (nSPS) is 13.5. The molecule has 1 aromatic heterocycles. The van der Waals surface area contributed by atoms with Gasteiger partial charge in [-0.15, -0.1) is 0 Å². The summed E-state index contributed by atoms with van der Waals surface area (Å²) in [6.45, 7) is 10.0. The highest BCUT2D eigenvalue weighted by molar-refractivity contribution is 6.35.